The van der Waals surface area contributed by atoms with Gasteiger partial charge >= 0.3 is 5.97 Å². The Labute approximate surface area is 210 Å². The molecule has 1 saturated heterocycles. The Morgan fingerprint density at radius 2 is 1.69 bits per heavy atom. The molecular formula is C24H29N3O6S2. The molecule has 1 amide bonds. The number of ether oxygens (including phenoxy) is 2. The average molecular weight is 520 g/mol. The van der Waals surface area contributed by atoms with E-state index in [1.165, 1.54) is 22.0 Å². The zero-order valence-corrected chi connectivity index (χ0v) is 20.9. The summed E-state index contributed by atoms with van der Waals surface area (Å²) in [4.78, 5) is 24.1. The maximum absolute atomic E-state index is 12.7. The molecule has 1 aliphatic heterocycles. The van der Waals surface area contributed by atoms with Crippen molar-refractivity contribution in [3.8, 4) is 0 Å². The summed E-state index contributed by atoms with van der Waals surface area (Å²) in [6.45, 7) is 1.68. The SMILES string of the molecule is O=C(CCC(=O)OCCCc1ccccc1)NC(=S)Nc1ccc(S(=O)(=O)N2CCOCC2)cc1. The van der Waals surface area contributed by atoms with Gasteiger partial charge in [0, 0.05) is 25.2 Å². The summed E-state index contributed by atoms with van der Waals surface area (Å²) in [5, 5.41) is 5.38. The smallest absolute Gasteiger partial charge is 0.306 e. The van der Waals surface area contributed by atoms with E-state index in [2.05, 4.69) is 10.6 Å². The van der Waals surface area contributed by atoms with Crippen LogP contribution in [0, 0.1) is 0 Å². The minimum atomic E-state index is -3.59. The monoisotopic (exact) mass is 519 g/mol. The van der Waals surface area contributed by atoms with Gasteiger partial charge in [-0.05, 0) is 54.9 Å². The molecule has 0 bridgehead atoms. The van der Waals surface area contributed by atoms with Crippen LogP contribution in [0.25, 0.3) is 0 Å². The van der Waals surface area contributed by atoms with E-state index in [0.29, 0.717) is 45.0 Å². The van der Waals surface area contributed by atoms with Crippen molar-refractivity contribution in [3.05, 3.63) is 60.2 Å². The molecule has 1 fully saturated rings. The second-order valence-electron chi connectivity index (χ2n) is 7.85. The molecule has 0 atom stereocenters. The number of carbonyl (C=O) groups is 2. The number of aryl methyl sites for hydroxylation is 1. The van der Waals surface area contributed by atoms with Gasteiger partial charge in [-0.3, -0.25) is 9.59 Å². The molecular weight excluding hydrogens is 490 g/mol. The summed E-state index contributed by atoms with van der Waals surface area (Å²) in [7, 11) is -3.59. The molecule has 9 nitrogen and oxygen atoms in total. The number of hydrogen-bond acceptors (Lipinski definition) is 7. The number of morpholine rings is 1. The normalized spacial score (nSPS) is 14.2. The maximum atomic E-state index is 12.7. The zero-order chi connectivity index (χ0) is 25.1. The van der Waals surface area contributed by atoms with Gasteiger partial charge in [-0.1, -0.05) is 30.3 Å². The van der Waals surface area contributed by atoms with Gasteiger partial charge in [0.15, 0.2) is 5.11 Å². The van der Waals surface area contributed by atoms with Crippen LogP contribution in [0.3, 0.4) is 0 Å². The molecule has 11 heteroatoms. The number of esters is 1. The summed E-state index contributed by atoms with van der Waals surface area (Å²) >= 11 is 5.13. The summed E-state index contributed by atoms with van der Waals surface area (Å²) in [5.41, 5.74) is 1.70. The first-order valence-corrected chi connectivity index (χ1v) is 13.2. The number of amides is 1. The van der Waals surface area contributed by atoms with Crippen LogP contribution >= 0.6 is 12.2 Å². The molecule has 2 aromatic rings. The van der Waals surface area contributed by atoms with Crippen molar-refractivity contribution < 1.29 is 27.5 Å². The van der Waals surface area contributed by atoms with Crippen LogP contribution in [0.4, 0.5) is 5.69 Å². The highest BCUT2D eigenvalue weighted by atomic mass is 32.2. The first-order chi connectivity index (χ1) is 16.8. The van der Waals surface area contributed by atoms with Crippen LogP contribution in [0.1, 0.15) is 24.8 Å². The number of nitrogens with one attached hydrogen (secondary N) is 2. The van der Waals surface area contributed by atoms with E-state index in [4.69, 9.17) is 21.7 Å². The highest BCUT2D eigenvalue weighted by Gasteiger charge is 2.26. The average Bonchev–Trinajstić information content (AvgIpc) is 2.87. The molecule has 0 spiro atoms. The van der Waals surface area contributed by atoms with Crippen molar-refractivity contribution in [2.45, 2.75) is 30.6 Å². The Bertz CT molecular complexity index is 1100. The third kappa shape index (κ3) is 8.70. The lowest BCUT2D eigenvalue weighted by Gasteiger charge is -2.26. The predicted octanol–water partition coefficient (Wildman–Crippen LogP) is 2.48. The van der Waals surface area contributed by atoms with Crippen molar-refractivity contribution in [3.63, 3.8) is 0 Å². The van der Waals surface area contributed by atoms with Crippen molar-refractivity contribution in [2.75, 3.05) is 38.2 Å². The molecule has 3 rings (SSSR count). The lowest BCUT2D eigenvalue weighted by atomic mass is 10.1. The molecule has 0 unspecified atom stereocenters. The van der Waals surface area contributed by atoms with E-state index >= 15 is 0 Å². The van der Waals surface area contributed by atoms with E-state index in [1.807, 2.05) is 30.3 Å². The quantitative estimate of drug-likeness (QED) is 0.280. The molecule has 188 valence electrons. The summed E-state index contributed by atoms with van der Waals surface area (Å²) in [6, 6.07) is 16.0. The Morgan fingerprint density at radius 1 is 1.00 bits per heavy atom. The van der Waals surface area contributed by atoms with Crippen LogP contribution in [-0.2, 0) is 35.5 Å². The second kappa shape index (κ2) is 13.3. The van der Waals surface area contributed by atoms with Gasteiger partial charge in [0.1, 0.15) is 0 Å². The number of sulfonamides is 1. The van der Waals surface area contributed by atoms with Gasteiger partial charge in [-0.2, -0.15) is 4.31 Å². The fraction of sp³-hybridized carbons (Fsp3) is 0.375. The standard InChI is InChI=1S/C24H29N3O6S2/c28-22(12-13-23(29)33-16-4-7-19-5-2-1-3-6-19)26-24(34)25-20-8-10-21(11-9-20)35(30,31)27-14-17-32-18-15-27/h1-3,5-6,8-11H,4,7,12-18H2,(H2,25,26,28,34). The van der Waals surface area contributed by atoms with Crippen molar-refractivity contribution >= 4 is 44.9 Å². The van der Waals surface area contributed by atoms with Crippen molar-refractivity contribution in [2.24, 2.45) is 0 Å². The van der Waals surface area contributed by atoms with Crippen LogP contribution < -0.4 is 10.6 Å². The summed E-state index contributed by atoms with van der Waals surface area (Å²) in [6.07, 6.45) is 1.42. The van der Waals surface area contributed by atoms with Crippen LogP contribution in [0.2, 0.25) is 0 Å². The molecule has 1 heterocycles. The lowest BCUT2D eigenvalue weighted by Crippen LogP contribution is -2.40. The van der Waals surface area contributed by atoms with Gasteiger partial charge in [0.05, 0.1) is 31.1 Å². The fourth-order valence-electron chi connectivity index (χ4n) is 3.39. The van der Waals surface area contributed by atoms with Gasteiger partial charge < -0.3 is 20.1 Å². The number of benzene rings is 2. The Morgan fingerprint density at radius 3 is 2.37 bits per heavy atom. The van der Waals surface area contributed by atoms with E-state index < -0.39 is 21.9 Å². The number of hydrogen-bond donors (Lipinski definition) is 2. The van der Waals surface area contributed by atoms with Gasteiger partial charge in [0.2, 0.25) is 15.9 Å². The van der Waals surface area contributed by atoms with Crippen molar-refractivity contribution in [1.29, 1.82) is 0 Å². The molecule has 0 radical (unpaired) electrons. The minimum absolute atomic E-state index is 0.0477. The third-order valence-electron chi connectivity index (χ3n) is 5.24. The Kier molecular flexibility index (Phi) is 10.2. The molecule has 0 saturated carbocycles. The largest absolute Gasteiger partial charge is 0.466 e. The second-order valence-corrected chi connectivity index (χ2v) is 10.2. The topological polar surface area (TPSA) is 114 Å². The summed E-state index contributed by atoms with van der Waals surface area (Å²) < 4.78 is 37.1. The fourth-order valence-corrected chi connectivity index (χ4v) is 5.03. The minimum Gasteiger partial charge on any atom is -0.466 e. The van der Waals surface area contributed by atoms with Gasteiger partial charge in [0.25, 0.3) is 0 Å². The maximum Gasteiger partial charge on any atom is 0.306 e. The Balaban J connectivity index is 1.35. The highest BCUT2D eigenvalue weighted by molar-refractivity contribution is 7.89. The number of rotatable bonds is 10. The highest BCUT2D eigenvalue weighted by Crippen LogP contribution is 2.19. The van der Waals surface area contributed by atoms with Gasteiger partial charge in [-0.15, -0.1) is 0 Å². The van der Waals surface area contributed by atoms with Crippen LogP contribution in [-0.4, -0.2) is 62.6 Å². The first kappa shape index (κ1) is 26.7. The Hall–Kier alpha value is -2.86. The van der Waals surface area contributed by atoms with Crippen molar-refractivity contribution in [1.82, 2.24) is 9.62 Å². The number of carbonyl (C=O) groups excluding carboxylic acids is 2. The first-order valence-electron chi connectivity index (χ1n) is 11.3. The van der Waals surface area contributed by atoms with E-state index in [-0.39, 0.29) is 22.8 Å². The molecule has 0 aliphatic carbocycles. The van der Waals surface area contributed by atoms with E-state index in [9.17, 15) is 18.0 Å². The van der Waals surface area contributed by atoms with Gasteiger partial charge in [-0.25, -0.2) is 8.42 Å². The third-order valence-corrected chi connectivity index (χ3v) is 7.36. The lowest BCUT2D eigenvalue weighted by molar-refractivity contribution is -0.145. The van der Waals surface area contributed by atoms with E-state index in [0.717, 1.165) is 6.42 Å². The molecule has 2 aromatic carbocycles. The number of thiocarbonyl (C=S) groups is 1. The molecule has 35 heavy (non-hydrogen) atoms. The molecule has 2 N–H and O–H groups in total. The van der Waals surface area contributed by atoms with E-state index in [1.54, 1.807) is 12.1 Å². The van der Waals surface area contributed by atoms with Crippen LogP contribution in [0.5, 0.6) is 0 Å². The summed E-state index contributed by atoms with van der Waals surface area (Å²) in [5.74, 6) is -0.862. The number of anilines is 1. The van der Waals surface area contributed by atoms with Crippen LogP contribution in [0.15, 0.2) is 59.5 Å². The molecule has 1 aliphatic rings. The number of nitrogens with zero attached hydrogens (tertiary/aromatic N) is 1. The molecule has 0 aromatic heterocycles. The predicted molar refractivity (Wildman–Crippen MR) is 135 cm³/mol. The zero-order valence-electron chi connectivity index (χ0n) is 19.3.